The molecule has 2 nitrogen and oxygen atoms in total. The Hall–Kier alpha value is -3.05. The highest BCUT2D eigenvalue weighted by Crippen LogP contribution is 2.21. The summed E-state index contributed by atoms with van der Waals surface area (Å²) in [5.41, 5.74) is 3.00. The normalized spacial score (nSPS) is 10.2. The Morgan fingerprint density at radius 3 is 2.62 bits per heavy atom. The van der Waals surface area contributed by atoms with Gasteiger partial charge in [-0.1, -0.05) is 48.2 Å². The quantitative estimate of drug-likeness (QED) is 0.339. The van der Waals surface area contributed by atoms with Gasteiger partial charge in [-0.05, 0) is 59.9 Å². The predicted molar refractivity (Wildman–Crippen MR) is 107 cm³/mol. The van der Waals surface area contributed by atoms with Crippen LogP contribution in [0.2, 0.25) is 0 Å². The monoisotopic (exact) mass is 342 g/mol. The zero-order valence-electron chi connectivity index (χ0n) is 15.0. The minimum Gasteiger partial charge on any atom is -0.497 e. The maximum Gasteiger partial charge on any atom is 0.150 e. The lowest BCUT2D eigenvalue weighted by atomic mass is 10.00. The molecule has 26 heavy (non-hydrogen) atoms. The Kier molecular flexibility index (Phi) is 6.06. The van der Waals surface area contributed by atoms with E-state index in [9.17, 15) is 4.79 Å². The molecule has 0 fully saturated rings. The maximum absolute atomic E-state index is 11.2. The number of hydrogen-bond acceptors (Lipinski definition) is 2. The smallest absolute Gasteiger partial charge is 0.150 e. The van der Waals surface area contributed by atoms with Crippen LogP contribution in [0.3, 0.4) is 0 Å². The number of rotatable bonds is 6. The van der Waals surface area contributed by atoms with Gasteiger partial charge in [-0.3, -0.25) is 4.79 Å². The zero-order chi connectivity index (χ0) is 18.2. The Balaban J connectivity index is 1.59. The topological polar surface area (TPSA) is 26.3 Å². The second kappa shape index (κ2) is 8.87. The summed E-state index contributed by atoms with van der Waals surface area (Å²) in [6, 6.07) is 19.9. The summed E-state index contributed by atoms with van der Waals surface area (Å²) < 4.78 is 5.26. The average molecular weight is 342 g/mol. The van der Waals surface area contributed by atoms with Crippen molar-refractivity contribution in [3.63, 3.8) is 0 Å². The molecule has 0 N–H and O–H groups in total. The van der Waals surface area contributed by atoms with E-state index < -0.39 is 0 Å². The highest BCUT2D eigenvalue weighted by atomic mass is 16.5. The lowest BCUT2D eigenvalue weighted by molar-refractivity contribution is 0.112. The van der Waals surface area contributed by atoms with Crippen LogP contribution in [-0.2, 0) is 6.42 Å². The van der Waals surface area contributed by atoms with Crippen molar-refractivity contribution in [2.75, 3.05) is 7.11 Å². The van der Waals surface area contributed by atoms with Gasteiger partial charge < -0.3 is 4.74 Å². The van der Waals surface area contributed by atoms with Crippen LogP contribution in [0.1, 0.15) is 40.7 Å². The number of methoxy groups -OCH3 is 1. The Bertz CT molecular complexity index is 961. The van der Waals surface area contributed by atoms with Crippen molar-refractivity contribution in [1.82, 2.24) is 0 Å². The van der Waals surface area contributed by atoms with Crippen LogP contribution in [0.4, 0.5) is 0 Å². The second-order valence-corrected chi connectivity index (χ2v) is 6.23. The van der Waals surface area contributed by atoms with Gasteiger partial charge in [-0.25, -0.2) is 0 Å². The van der Waals surface area contributed by atoms with E-state index in [1.807, 2.05) is 48.5 Å². The van der Waals surface area contributed by atoms with Gasteiger partial charge >= 0.3 is 0 Å². The lowest BCUT2D eigenvalue weighted by Gasteiger charge is -2.04. The molecule has 3 rings (SSSR count). The predicted octanol–water partition coefficient (Wildman–Crippen LogP) is 5.43. The van der Waals surface area contributed by atoms with Crippen LogP contribution in [0, 0.1) is 11.8 Å². The molecule has 3 aromatic carbocycles. The van der Waals surface area contributed by atoms with E-state index in [0.717, 1.165) is 54.1 Å². The van der Waals surface area contributed by atoms with Crippen LogP contribution in [-0.4, -0.2) is 13.4 Å². The number of unbranched alkanes of at least 4 members (excludes halogenated alkanes) is 2. The molecule has 3 aromatic rings. The van der Waals surface area contributed by atoms with Gasteiger partial charge in [0.1, 0.15) is 5.75 Å². The minimum absolute atomic E-state index is 0.712. The van der Waals surface area contributed by atoms with E-state index in [1.54, 1.807) is 7.11 Å². The SMILES string of the molecule is COc1cccc(CCCCC#Cc2ccc(C=O)c3ccccc23)c1. The van der Waals surface area contributed by atoms with Crippen molar-refractivity contribution >= 4 is 17.1 Å². The number of carbonyl (C=O) groups excluding carboxylic acids is 1. The van der Waals surface area contributed by atoms with E-state index >= 15 is 0 Å². The van der Waals surface area contributed by atoms with E-state index in [-0.39, 0.29) is 0 Å². The fourth-order valence-corrected chi connectivity index (χ4v) is 3.06. The molecule has 0 bridgehead atoms. The number of carbonyl (C=O) groups is 1. The molecule has 130 valence electrons. The first-order valence-corrected chi connectivity index (χ1v) is 8.90. The van der Waals surface area contributed by atoms with Gasteiger partial charge in [-0.2, -0.15) is 0 Å². The van der Waals surface area contributed by atoms with Crippen LogP contribution in [0.5, 0.6) is 5.75 Å². The first-order valence-electron chi connectivity index (χ1n) is 8.90. The van der Waals surface area contributed by atoms with Crippen molar-refractivity contribution in [2.45, 2.75) is 25.7 Å². The van der Waals surface area contributed by atoms with Crippen LogP contribution >= 0.6 is 0 Å². The molecule has 0 spiro atoms. The summed E-state index contributed by atoms with van der Waals surface area (Å²) in [4.78, 5) is 11.2. The average Bonchev–Trinajstić information content (AvgIpc) is 2.70. The molecule has 0 aliphatic rings. The van der Waals surface area contributed by atoms with Crippen LogP contribution in [0.15, 0.2) is 60.7 Å². The summed E-state index contributed by atoms with van der Waals surface area (Å²) in [6.45, 7) is 0. The number of aldehydes is 1. The molecular formula is C24H22O2. The van der Waals surface area contributed by atoms with Crippen LogP contribution in [0.25, 0.3) is 10.8 Å². The number of aryl methyl sites for hydroxylation is 1. The third kappa shape index (κ3) is 4.32. The van der Waals surface area contributed by atoms with Gasteiger partial charge in [-0.15, -0.1) is 0 Å². The highest BCUT2D eigenvalue weighted by molar-refractivity contribution is 6.00. The number of hydrogen-bond donors (Lipinski definition) is 0. The third-order valence-electron chi connectivity index (χ3n) is 4.46. The Morgan fingerprint density at radius 2 is 1.81 bits per heavy atom. The van der Waals surface area contributed by atoms with E-state index in [0.29, 0.717) is 5.56 Å². The molecule has 0 aliphatic heterocycles. The summed E-state index contributed by atoms with van der Waals surface area (Å²) in [6.07, 6.45) is 4.98. The largest absolute Gasteiger partial charge is 0.497 e. The Morgan fingerprint density at radius 1 is 0.962 bits per heavy atom. The lowest BCUT2D eigenvalue weighted by Crippen LogP contribution is -1.88. The summed E-state index contributed by atoms with van der Waals surface area (Å²) in [7, 11) is 1.69. The highest BCUT2D eigenvalue weighted by Gasteiger charge is 2.03. The van der Waals surface area contributed by atoms with Crippen molar-refractivity contribution in [2.24, 2.45) is 0 Å². The molecule has 0 saturated carbocycles. The van der Waals surface area contributed by atoms with Crippen molar-refractivity contribution in [3.05, 3.63) is 77.4 Å². The molecule has 0 radical (unpaired) electrons. The molecule has 0 aromatic heterocycles. The maximum atomic E-state index is 11.2. The molecule has 0 amide bonds. The minimum atomic E-state index is 0.712. The zero-order valence-corrected chi connectivity index (χ0v) is 15.0. The fourth-order valence-electron chi connectivity index (χ4n) is 3.06. The number of fused-ring (bicyclic) bond motifs is 1. The number of benzene rings is 3. The van der Waals surface area contributed by atoms with Crippen LogP contribution < -0.4 is 4.74 Å². The van der Waals surface area contributed by atoms with Crippen molar-refractivity contribution in [1.29, 1.82) is 0 Å². The summed E-state index contributed by atoms with van der Waals surface area (Å²) >= 11 is 0. The molecular weight excluding hydrogens is 320 g/mol. The first-order chi connectivity index (χ1) is 12.8. The van der Waals surface area contributed by atoms with E-state index in [2.05, 4.69) is 24.0 Å². The second-order valence-electron chi connectivity index (χ2n) is 6.23. The molecule has 0 saturated heterocycles. The molecule has 2 heteroatoms. The standard InChI is InChI=1S/C24H22O2/c1-26-22-12-8-10-19(17-22)9-4-2-3-5-11-20-15-16-21(18-25)24-14-7-6-13-23(20)24/h6-8,10,12-18H,2-4,9H2,1H3. The van der Waals surface area contributed by atoms with Gasteiger partial charge in [0.2, 0.25) is 0 Å². The van der Waals surface area contributed by atoms with Gasteiger partial charge in [0, 0.05) is 17.5 Å². The van der Waals surface area contributed by atoms with Gasteiger partial charge in [0.25, 0.3) is 0 Å². The van der Waals surface area contributed by atoms with Crippen molar-refractivity contribution in [3.8, 4) is 17.6 Å². The van der Waals surface area contributed by atoms with Crippen molar-refractivity contribution < 1.29 is 9.53 Å². The fraction of sp³-hybridized carbons (Fsp3) is 0.208. The summed E-state index contributed by atoms with van der Waals surface area (Å²) in [5.74, 6) is 7.46. The summed E-state index contributed by atoms with van der Waals surface area (Å²) in [5, 5.41) is 2.01. The molecule has 0 aliphatic carbocycles. The molecule has 0 heterocycles. The van der Waals surface area contributed by atoms with Gasteiger partial charge in [0.15, 0.2) is 6.29 Å². The molecule has 0 atom stereocenters. The van der Waals surface area contributed by atoms with E-state index in [1.165, 1.54) is 5.56 Å². The Labute approximate surface area is 154 Å². The van der Waals surface area contributed by atoms with E-state index in [4.69, 9.17) is 4.74 Å². The number of ether oxygens (including phenoxy) is 1. The molecule has 0 unspecified atom stereocenters. The third-order valence-corrected chi connectivity index (χ3v) is 4.46. The van der Waals surface area contributed by atoms with Gasteiger partial charge in [0.05, 0.1) is 7.11 Å². The first kappa shape index (κ1) is 17.8.